The van der Waals surface area contributed by atoms with Gasteiger partial charge in [0.2, 0.25) is 0 Å². The van der Waals surface area contributed by atoms with Gasteiger partial charge >= 0.3 is 8.17 Å². The molecule has 0 bridgehead atoms. The average Bonchev–Trinajstić information content (AvgIpc) is 2.89. The number of rotatable bonds is 13. The molecule has 0 amide bonds. The van der Waals surface area contributed by atoms with Crippen molar-refractivity contribution in [1.82, 2.24) is 0 Å². The number of hydrogen-bond donors (Lipinski definition) is 0. The Balaban J connectivity index is 3.00. The van der Waals surface area contributed by atoms with Gasteiger partial charge in [0.05, 0.1) is 16.5 Å². The molecule has 0 saturated carbocycles. The van der Waals surface area contributed by atoms with Crippen molar-refractivity contribution in [3.05, 3.63) is 0 Å². The van der Waals surface area contributed by atoms with E-state index in [1.165, 1.54) is 14.2 Å². The molecule has 1 heterocycles. The summed E-state index contributed by atoms with van der Waals surface area (Å²) in [5, 5.41) is 0. The lowest BCUT2D eigenvalue weighted by Gasteiger charge is -2.17. The van der Waals surface area contributed by atoms with Gasteiger partial charge in [0.25, 0.3) is 10.0 Å². The molecule has 2 radical (unpaired) electrons. The smallest absolute Gasteiger partial charge is 0.382 e. The largest absolute Gasteiger partial charge is 0.577 e. The van der Waals surface area contributed by atoms with E-state index in [4.69, 9.17) is 31.1 Å². The van der Waals surface area contributed by atoms with E-state index >= 15 is 0 Å². The Morgan fingerprint density at radius 2 is 1.82 bits per heavy atom. The second-order valence-corrected chi connectivity index (χ2v) is 10.2. The van der Waals surface area contributed by atoms with Crippen LogP contribution in [0.4, 0.5) is 0 Å². The van der Waals surface area contributed by atoms with Crippen LogP contribution in [-0.4, -0.2) is 73.3 Å². The van der Waals surface area contributed by atoms with Crippen LogP contribution in [0.25, 0.3) is 0 Å². The van der Waals surface area contributed by atoms with Gasteiger partial charge in [0, 0.05) is 20.2 Å². The second-order valence-electron chi connectivity index (χ2n) is 7.10. The van der Waals surface area contributed by atoms with Crippen molar-refractivity contribution in [1.29, 1.82) is 0 Å². The zero-order chi connectivity index (χ0) is 21.3. The van der Waals surface area contributed by atoms with Gasteiger partial charge in [-0.05, 0) is 26.2 Å². The third-order valence-corrected chi connectivity index (χ3v) is 7.90. The molecule has 0 aromatic rings. The van der Waals surface area contributed by atoms with Gasteiger partial charge < -0.3 is 14.2 Å². The number of hydrogen-bond acceptors (Lipinski definition) is 7. The minimum Gasteiger partial charge on any atom is -0.382 e. The lowest BCUT2D eigenvalue weighted by Crippen LogP contribution is -2.37. The van der Waals surface area contributed by atoms with Gasteiger partial charge in [-0.15, -0.1) is 9.05 Å². The highest BCUT2D eigenvalue weighted by Gasteiger charge is 2.48. The monoisotopic (exact) mass is 438 g/mol. The van der Waals surface area contributed by atoms with E-state index < -0.39 is 42.5 Å². The molecule has 0 spiro atoms. The summed E-state index contributed by atoms with van der Waals surface area (Å²) in [5.41, 5.74) is 0. The van der Waals surface area contributed by atoms with E-state index in [0.29, 0.717) is 12.3 Å². The summed E-state index contributed by atoms with van der Waals surface area (Å²) in [6.07, 6.45) is 0.436. The molecule has 0 aromatic carbocycles. The van der Waals surface area contributed by atoms with Crippen LogP contribution < -0.4 is 0 Å². The van der Waals surface area contributed by atoms with Crippen LogP contribution in [0, 0.1) is 5.92 Å². The van der Waals surface area contributed by atoms with Crippen LogP contribution in [-0.2, 0) is 33.3 Å². The highest BCUT2D eigenvalue weighted by Crippen LogP contribution is 2.39. The Kier molecular flexibility index (Phi) is 11.7. The van der Waals surface area contributed by atoms with E-state index in [-0.39, 0.29) is 18.5 Å². The summed E-state index contributed by atoms with van der Waals surface area (Å²) < 4.78 is 56.8. The highest BCUT2D eigenvalue weighted by molar-refractivity contribution is 7.92. The molecule has 1 saturated heterocycles. The zero-order valence-corrected chi connectivity index (χ0v) is 19.4. The Labute approximate surface area is 172 Å². The maximum Gasteiger partial charge on any atom is 0.577 e. The molecular weight excluding hydrogens is 404 g/mol. The van der Waals surface area contributed by atoms with Crippen LogP contribution in [0.3, 0.4) is 0 Å². The summed E-state index contributed by atoms with van der Waals surface area (Å²) in [4.78, 5) is 0. The fraction of sp³-hybridized carbons (Fsp3) is 1.00. The first-order valence-electron chi connectivity index (χ1n) is 9.69. The number of sulfonamides is 1. The lowest BCUT2D eigenvalue weighted by atomic mass is 9.93. The van der Waals surface area contributed by atoms with Crippen LogP contribution in [0.2, 0.25) is 0 Å². The maximum absolute atomic E-state index is 12.5. The fourth-order valence-corrected chi connectivity index (χ4v) is 5.91. The summed E-state index contributed by atoms with van der Waals surface area (Å²) >= 11 is 0. The molecule has 28 heavy (non-hydrogen) atoms. The summed E-state index contributed by atoms with van der Waals surface area (Å²) in [5.74, 6) is 0.326. The zero-order valence-electron chi connectivity index (χ0n) is 17.7. The van der Waals surface area contributed by atoms with Crippen LogP contribution in [0.1, 0.15) is 47.0 Å². The van der Waals surface area contributed by atoms with Gasteiger partial charge in [-0.2, -0.15) is 0 Å². The predicted molar refractivity (Wildman–Crippen MR) is 110 cm³/mol. The Hall–Kier alpha value is -0.0851. The Morgan fingerprint density at radius 1 is 1.18 bits per heavy atom. The van der Waals surface area contributed by atoms with Crippen molar-refractivity contribution in [3.63, 3.8) is 0 Å². The van der Waals surface area contributed by atoms with Crippen molar-refractivity contribution in [2.24, 2.45) is 10.1 Å². The molecule has 5 atom stereocenters. The average molecular weight is 438 g/mol. The number of ether oxygens (including phenoxy) is 3. The molecule has 1 aliphatic rings. The first-order valence-corrected chi connectivity index (χ1v) is 12.4. The maximum atomic E-state index is 12.5. The van der Waals surface area contributed by atoms with Crippen molar-refractivity contribution < 1.29 is 31.7 Å². The van der Waals surface area contributed by atoms with Gasteiger partial charge in [0.15, 0.2) is 6.10 Å². The predicted octanol–water partition coefficient (Wildman–Crippen LogP) is 3.00. The van der Waals surface area contributed by atoms with E-state index in [9.17, 15) is 8.42 Å². The van der Waals surface area contributed by atoms with Crippen LogP contribution in [0.15, 0.2) is 4.15 Å². The van der Waals surface area contributed by atoms with Crippen LogP contribution >= 0.6 is 8.17 Å². The van der Waals surface area contributed by atoms with Crippen molar-refractivity contribution in [3.8, 4) is 0 Å². The van der Waals surface area contributed by atoms with E-state index in [1.54, 1.807) is 13.8 Å². The third kappa shape index (κ3) is 8.34. The minimum atomic E-state index is -3.69. The second kappa shape index (κ2) is 12.6. The first kappa shape index (κ1) is 26.0. The molecule has 8 nitrogen and oxygen atoms in total. The minimum absolute atomic E-state index is 0.0289. The normalized spacial score (nSPS) is 26.5. The van der Waals surface area contributed by atoms with Crippen molar-refractivity contribution >= 4 is 26.0 Å². The Morgan fingerprint density at radius 3 is 2.32 bits per heavy atom. The quantitative estimate of drug-likeness (QED) is 0.322. The fourth-order valence-electron chi connectivity index (χ4n) is 2.95. The number of methoxy groups -OCH3 is 2. The van der Waals surface area contributed by atoms with E-state index in [0.717, 1.165) is 12.8 Å². The molecule has 0 N–H and O–H groups in total. The topological polar surface area (TPSA) is 92.7 Å². The van der Waals surface area contributed by atoms with Crippen molar-refractivity contribution in [2.75, 3.05) is 26.6 Å². The molecule has 0 aliphatic carbocycles. The molecule has 1 rings (SSSR count). The molecule has 0 aromatic heterocycles. The molecule has 162 valence electrons. The van der Waals surface area contributed by atoms with E-state index in [2.05, 4.69) is 18.0 Å². The molecule has 1 aliphatic heterocycles. The SMILES string of the molecule is [B][C@@H]1O[C@H](COC)C(O[P+](=NS(=O)(=O)CCC(CC)CC)OC(C)C)[C@@H]1OC. The lowest BCUT2D eigenvalue weighted by molar-refractivity contribution is -0.0145. The summed E-state index contributed by atoms with van der Waals surface area (Å²) in [7, 11) is 3.23. The van der Waals surface area contributed by atoms with Gasteiger partial charge in [-0.25, -0.2) is 8.42 Å². The Bertz CT molecular complexity index is 586. The van der Waals surface area contributed by atoms with E-state index in [1.807, 2.05) is 0 Å². The van der Waals surface area contributed by atoms with Gasteiger partial charge in [-0.3, -0.25) is 0 Å². The van der Waals surface area contributed by atoms with Crippen molar-refractivity contribution in [2.45, 2.75) is 77.4 Å². The van der Waals surface area contributed by atoms with Crippen LogP contribution in [0.5, 0.6) is 0 Å². The highest BCUT2D eigenvalue weighted by atomic mass is 32.2. The molecule has 11 heteroatoms. The van der Waals surface area contributed by atoms with Gasteiger partial charge in [0.1, 0.15) is 26.2 Å². The molecular formula is C17H34BNO7PS+. The number of nitrogens with zero attached hydrogens (tertiary/aromatic N) is 1. The first-order chi connectivity index (χ1) is 13.2. The summed E-state index contributed by atoms with van der Waals surface area (Å²) in [6, 6.07) is -0.711. The van der Waals surface area contributed by atoms with Gasteiger partial charge in [-0.1, -0.05) is 26.7 Å². The molecule has 1 fully saturated rings. The molecule has 2 unspecified atom stereocenters. The standard InChI is InChI=1S/C17H34BNO7PS/c1-7-13(8-2)9-10-28(20,21)19-27(25-12(3)4)26-15-14(11-22-5)24-17(18)16(15)23-6/h12-17H,7-11H2,1-6H3/q+1/t14-,15?,16+,17-/m1/s1. The third-order valence-electron chi connectivity index (χ3n) is 4.59. The summed E-state index contributed by atoms with van der Waals surface area (Å²) in [6.45, 7) is 7.93.